The lowest BCUT2D eigenvalue weighted by molar-refractivity contribution is -0.113. The van der Waals surface area contributed by atoms with Crippen LogP contribution in [0.5, 0.6) is 0 Å². The van der Waals surface area contributed by atoms with E-state index in [4.69, 9.17) is 11.6 Å². The van der Waals surface area contributed by atoms with Crippen molar-refractivity contribution in [3.05, 3.63) is 77.1 Å². The summed E-state index contributed by atoms with van der Waals surface area (Å²) in [5.74, 6) is 1.08. The van der Waals surface area contributed by atoms with Crippen molar-refractivity contribution in [1.29, 1.82) is 0 Å². The predicted molar refractivity (Wildman–Crippen MR) is 91.0 cm³/mol. The van der Waals surface area contributed by atoms with E-state index in [1.807, 2.05) is 42.5 Å². The molecule has 0 aliphatic carbocycles. The summed E-state index contributed by atoms with van der Waals surface area (Å²) in [4.78, 5) is 16.3. The van der Waals surface area contributed by atoms with Crippen LogP contribution in [0.1, 0.15) is 11.4 Å². The number of hydrogen-bond acceptors (Lipinski definition) is 3. The minimum atomic E-state index is 0.0110. The van der Waals surface area contributed by atoms with Crippen LogP contribution < -0.4 is 0 Å². The summed E-state index contributed by atoms with van der Waals surface area (Å²) in [5, 5.41) is 7.56. The summed E-state index contributed by atoms with van der Waals surface area (Å²) in [6, 6.07) is 16.9. The standard InChI is InChI=1S/C18H14ClN3O/c19-15-8-4-7-14(12-15)18-20-17(21-22-18)10-9-16(23)11-13-5-2-1-3-6-13/h1-10,12H,11H2,(H,20,21,22)/b10-9-. The number of carbonyl (C=O) groups is 1. The van der Waals surface area contributed by atoms with Gasteiger partial charge in [0.25, 0.3) is 0 Å². The third-order valence-corrected chi connectivity index (χ3v) is 3.47. The quantitative estimate of drug-likeness (QED) is 0.723. The highest BCUT2D eigenvalue weighted by Gasteiger charge is 2.05. The molecule has 3 rings (SSSR count). The van der Waals surface area contributed by atoms with Gasteiger partial charge in [-0.2, -0.15) is 5.10 Å². The monoisotopic (exact) mass is 323 g/mol. The van der Waals surface area contributed by atoms with Crippen LogP contribution >= 0.6 is 11.6 Å². The molecule has 4 nitrogen and oxygen atoms in total. The number of rotatable bonds is 5. The second-order valence-corrected chi connectivity index (χ2v) is 5.45. The first-order valence-electron chi connectivity index (χ1n) is 7.14. The SMILES string of the molecule is O=C(/C=C\c1nc(-c2cccc(Cl)c2)n[nH]1)Cc1ccccc1. The maximum absolute atomic E-state index is 11.9. The van der Waals surface area contributed by atoms with Gasteiger partial charge < -0.3 is 0 Å². The molecule has 1 heterocycles. The predicted octanol–water partition coefficient (Wildman–Crippen LogP) is 3.95. The lowest BCUT2D eigenvalue weighted by Crippen LogP contribution is -1.97. The van der Waals surface area contributed by atoms with E-state index in [1.165, 1.54) is 6.08 Å². The Balaban J connectivity index is 1.68. The molecule has 0 atom stereocenters. The molecule has 1 N–H and O–H groups in total. The minimum Gasteiger partial charge on any atom is -0.294 e. The van der Waals surface area contributed by atoms with Crippen LogP contribution in [0.4, 0.5) is 0 Å². The maximum Gasteiger partial charge on any atom is 0.181 e. The summed E-state index contributed by atoms with van der Waals surface area (Å²) in [5.41, 5.74) is 1.81. The van der Waals surface area contributed by atoms with Crippen LogP contribution in [0, 0.1) is 0 Å². The zero-order valence-electron chi connectivity index (χ0n) is 12.2. The number of nitrogens with one attached hydrogen (secondary N) is 1. The number of allylic oxidation sites excluding steroid dienone is 1. The fourth-order valence-electron chi connectivity index (χ4n) is 2.13. The lowest BCUT2D eigenvalue weighted by Gasteiger charge is -1.95. The molecule has 2 aromatic carbocycles. The van der Waals surface area contributed by atoms with E-state index in [1.54, 1.807) is 18.2 Å². The maximum atomic E-state index is 11.9. The highest BCUT2D eigenvalue weighted by atomic mass is 35.5. The molecule has 0 amide bonds. The first-order valence-corrected chi connectivity index (χ1v) is 7.52. The summed E-state index contributed by atoms with van der Waals surface area (Å²) >= 11 is 5.96. The zero-order chi connectivity index (χ0) is 16.1. The van der Waals surface area contributed by atoms with Gasteiger partial charge in [0.05, 0.1) is 0 Å². The molecule has 0 fully saturated rings. The third-order valence-electron chi connectivity index (χ3n) is 3.23. The van der Waals surface area contributed by atoms with Crippen molar-refractivity contribution in [1.82, 2.24) is 15.2 Å². The van der Waals surface area contributed by atoms with E-state index in [9.17, 15) is 4.79 Å². The molecule has 1 aromatic heterocycles. The van der Waals surface area contributed by atoms with Crippen molar-refractivity contribution in [2.45, 2.75) is 6.42 Å². The average molecular weight is 324 g/mol. The van der Waals surface area contributed by atoms with Crippen molar-refractivity contribution < 1.29 is 4.79 Å². The molecule has 0 aliphatic rings. The van der Waals surface area contributed by atoms with Gasteiger partial charge in [-0.25, -0.2) is 4.98 Å². The van der Waals surface area contributed by atoms with E-state index >= 15 is 0 Å². The second-order valence-electron chi connectivity index (χ2n) is 5.02. The first-order chi connectivity index (χ1) is 11.2. The molecular weight excluding hydrogens is 310 g/mol. The molecule has 3 aromatic rings. The molecule has 0 saturated carbocycles. The molecule has 0 unspecified atom stereocenters. The van der Waals surface area contributed by atoms with E-state index in [-0.39, 0.29) is 5.78 Å². The molecule has 114 valence electrons. The van der Waals surface area contributed by atoms with Crippen LogP contribution in [0.3, 0.4) is 0 Å². The molecule has 5 heteroatoms. The Morgan fingerprint density at radius 1 is 1.13 bits per heavy atom. The Bertz CT molecular complexity index is 840. The topological polar surface area (TPSA) is 58.6 Å². The number of carbonyl (C=O) groups excluding carboxylic acids is 1. The highest BCUT2D eigenvalue weighted by Crippen LogP contribution is 2.19. The molecule has 0 spiro atoms. The van der Waals surface area contributed by atoms with Gasteiger partial charge in [0.15, 0.2) is 11.6 Å². The van der Waals surface area contributed by atoms with E-state index in [0.717, 1.165) is 11.1 Å². The molecule has 23 heavy (non-hydrogen) atoms. The van der Waals surface area contributed by atoms with Crippen LogP contribution in [-0.4, -0.2) is 21.0 Å². The van der Waals surface area contributed by atoms with Crippen LogP contribution in [0.25, 0.3) is 17.5 Å². The van der Waals surface area contributed by atoms with Crippen LogP contribution in [0.2, 0.25) is 5.02 Å². The zero-order valence-corrected chi connectivity index (χ0v) is 13.0. The third kappa shape index (κ3) is 4.14. The summed E-state index contributed by atoms with van der Waals surface area (Å²) in [7, 11) is 0. The van der Waals surface area contributed by atoms with Gasteiger partial charge in [0, 0.05) is 17.0 Å². The largest absolute Gasteiger partial charge is 0.294 e. The average Bonchev–Trinajstić information content (AvgIpc) is 3.03. The molecular formula is C18H14ClN3O. The lowest BCUT2D eigenvalue weighted by atomic mass is 10.1. The fraction of sp³-hybridized carbons (Fsp3) is 0.0556. The van der Waals surface area contributed by atoms with E-state index in [2.05, 4.69) is 15.2 Å². The summed E-state index contributed by atoms with van der Waals surface area (Å²) < 4.78 is 0. The van der Waals surface area contributed by atoms with Crippen molar-refractivity contribution in [2.24, 2.45) is 0 Å². The van der Waals surface area contributed by atoms with Crippen LogP contribution in [-0.2, 0) is 11.2 Å². The van der Waals surface area contributed by atoms with E-state index < -0.39 is 0 Å². The van der Waals surface area contributed by atoms with Crippen molar-refractivity contribution >= 4 is 23.5 Å². The van der Waals surface area contributed by atoms with Gasteiger partial charge in [-0.15, -0.1) is 0 Å². The number of aromatic amines is 1. The number of benzene rings is 2. The summed E-state index contributed by atoms with van der Waals surface area (Å²) in [6.07, 6.45) is 3.51. The Kier molecular flexibility index (Phi) is 4.64. The minimum absolute atomic E-state index is 0.0110. The van der Waals surface area contributed by atoms with Crippen molar-refractivity contribution in [2.75, 3.05) is 0 Å². The molecule has 0 saturated heterocycles. The summed E-state index contributed by atoms with van der Waals surface area (Å²) in [6.45, 7) is 0. The van der Waals surface area contributed by atoms with Gasteiger partial charge in [-0.05, 0) is 29.8 Å². The second kappa shape index (κ2) is 7.03. The number of hydrogen-bond donors (Lipinski definition) is 1. The molecule has 0 aliphatic heterocycles. The van der Waals surface area contributed by atoms with Gasteiger partial charge >= 0.3 is 0 Å². The Morgan fingerprint density at radius 3 is 2.74 bits per heavy atom. The Hall–Kier alpha value is -2.72. The number of aromatic nitrogens is 3. The van der Waals surface area contributed by atoms with Gasteiger partial charge in [0.1, 0.15) is 5.82 Å². The van der Waals surface area contributed by atoms with Gasteiger partial charge in [-0.3, -0.25) is 9.89 Å². The van der Waals surface area contributed by atoms with Crippen molar-refractivity contribution in [3.8, 4) is 11.4 Å². The van der Waals surface area contributed by atoms with E-state index in [0.29, 0.717) is 23.1 Å². The number of halogens is 1. The van der Waals surface area contributed by atoms with Crippen LogP contribution in [0.15, 0.2) is 60.7 Å². The Labute approximate surface area is 138 Å². The highest BCUT2D eigenvalue weighted by molar-refractivity contribution is 6.30. The van der Waals surface area contributed by atoms with Gasteiger partial charge in [-0.1, -0.05) is 54.1 Å². The van der Waals surface area contributed by atoms with Gasteiger partial charge in [0.2, 0.25) is 0 Å². The first kappa shape index (κ1) is 15.2. The smallest absolute Gasteiger partial charge is 0.181 e. The molecule has 0 bridgehead atoms. The number of ketones is 1. The normalized spacial score (nSPS) is 11.0. The Morgan fingerprint density at radius 2 is 1.96 bits per heavy atom. The van der Waals surface area contributed by atoms with Crippen molar-refractivity contribution in [3.63, 3.8) is 0 Å². The molecule has 0 radical (unpaired) electrons. The number of H-pyrrole nitrogens is 1. The number of nitrogens with zero attached hydrogens (tertiary/aromatic N) is 2. The fourth-order valence-corrected chi connectivity index (χ4v) is 2.32.